The second kappa shape index (κ2) is 7.28. The summed E-state index contributed by atoms with van der Waals surface area (Å²) in [5.41, 5.74) is 3.47. The van der Waals surface area contributed by atoms with Crippen molar-refractivity contribution in [3.05, 3.63) is 58.8 Å². The maximum absolute atomic E-state index is 13.1. The zero-order valence-electron chi connectivity index (χ0n) is 15.8. The first-order chi connectivity index (χ1) is 12.4. The number of ketones is 1. The van der Waals surface area contributed by atoms with Gasteiger partial charge < -0.3 is 9.80 Å². The number of aryl methyl sites for hydroxylation is 2. The van der Waals surface area contributed by atoms with Gasteiger partial charge in [0, 0.05) is 32.4 Å². The number of likely N-dealkylation sites (tertiary alicyclic amines) is 1. The second-order valence-corrected chi connectivity index (χ2v) is 7.09. The summed E-state index contributed by atoms with van der Waals surface area (Å²) in [5, 5.41) is 0. The number of hydrogen-bond acceptors (Lipinski definition) is 4. The minimum Gasteiger partial charge on any atom is -0.362 e. The summed E-state index contributed by atoms with van der Waals surface area (Å²) >= 11 is 0. The van der Waals surface area contributed by atoms with E-state index in [9.17, 15) is 9.59 Å². The quantitative estimate of drug-likeness (QED) is 0.794. The van der Waals surface area contributed by atoms with Crippen LogP contribution in [0.3, 0.4) is 0 Å². The highest BCUT2D eigenvalue weighted by atomic mass is 16.2. The van der Waals surface area contributed by atoms with Crippen molar-refractivity contribution in [3.8, 4) is 0 Å². The van der Waals surface area contributed by atoms with Gasteiger partial charge in [0.1, 0.15) is 5.82 Å². The molecule has 0 spiro atoms. The van der Waals surface area contributed by atoms with Gasteiger partial charge in [-0.3, -0.25) is 9.59 Å². The first kappa shape index (κ1) is 18.1. The fourth-order valence-electron chi connectivity index (χ4n) is 3.44. The minimum atomic E-state index is -0.403. The number of carbonyl (C=O) groups is 2. The van der Waals surface area contributed by atoms with Crippen LogP contribution in [-0.4, -0.2) is 48.3 Å². The summed E-state index contributed by atoms with van der Waals surface area (Å²) in [6.07, 6.45) is 3.22. The summed E-state index contributed by atoms with van der Waals surface area (Å²) in [6.45, 7) is 4.63. The molecule has 1 amide bonds. The number of rotatable bonds is 4. The van der Waals surface area contributed by atoms with Crippen LogP contribution in [0.1, 0.15) is 44.7 Å². The topological polar surface area (TPSA) is 53.5 Å². The number of amides is 1. The fourth-order valence-corrected chi connectivity index (χ4v) is 3.44. The number of anilines is 1. The van der Waals surface area contributed by atoms with E-state index in [1.807, 2.05) is 51.0 Å². The lowest BCUT2D eigenvalue weighted by molar-refractivity contribution is 0.0671. The van der Waals surface area contributed by atoms with Crippen LogP contribution in [0.15, 0.2) is 36.5 Å². The molecule has 1 atom stereocenters. The van der Waals surface area contributed by atoms with Gasteiger partial charge in [-0.05, 0) is 56.0 Å². The van der Waals surface area contributed by atoms with Crippen LogP contribution in [0.5, 0.6) is 0 Å². The van der Waals surface area contributed by atoms with Crippen LogP contribution in [0.25, 0.3) is 0 Å². The zero-order chi connectivity index (χ0) is 18.8. The van der Waals surface area contributed by atoms with Gasteiger partial charge in [-0.25, -0.2) is 4.98 Å². The number of Topliss-reactive ketones (excluding diaryl/α,β-unsaturated/α-hetero) is 1. The Bertz CT molecular complexity index is 845. The summed E-state index contributed by atoms with van der Waals surface area (Å²) in [7, 11) is 3.72. The fraction of sp³-hybridized carbons (Fsp3) is 0.381. The molecule has 1 saturated heterocycles. The molecule has 1 aliphatic rings. The third kappa shape index (κ3) is 3.34. The summed E-state index contributed by atoms with van der Waals surface area (Å²) in [4.78, 5) is 34.0. The van der Waals surface area contributed by atoms with Crippen molar-refractivity contribution in [2.24, 2.45) is 0 Å². The lowest BCUT2D eigenvalue weighted by Crippen LogP contribution is -2.41. The van der Waals surface area contributed by atoms with E-state index in [0.29, 0.717) is 29.9 Å². The molecule has 1 aromatic carbocycles. The molecule has 1 aliphatic heterocycles. The van der Waals surface area contributed by atoms with Gasteiger partial charge in [-0.2, -0.15) is 0 Å². The molecule has 5 nitrogen and oxygen atoms in total. The Balaban J connectivity index is 1.89. The predicted octanol–water partition coefficient (Wildman–Crippen LogP) is 3.25. The molecule has 3 rings (SSSR count). The molecule has 0 bridgehead atoms. The number of benzene rings is 1. The molecular weight excluding hydrogens is 326 g/mol. The molecule has 0 saturated carbocycles. The number of aromatic nitrogens is 1. The molecule has 1 aromatic heterocycles. The standard InChI is InChI=1S/C21H25N3O2/c1-14-9-10-16(13-15(14)2)19(25)18-8-6-12-24(18)21(26)17-7-5-11-22-20(17)23(3)4/h5,7,9-11,13,18H,6,8,12H2,1-4H3. The number of carbonyl (C=O) groups excluding carboxylic acids is 2. The van der Waals surface area contributed by atoms with Crippen LogP contribution in [0.4, 0.5) is 5.82 Å². The number of hydrogen-bond donors (Lipinski definition) is 0. The van der Waals surface area contributed by atoms with Crippen molar-refractivity contribution < 1.29 is 9.59 Å². The molecule has 0 aliphatic carbocycles. The molecule has 1 fully saturated rings. The molecule has 0 radical (unpaired) electrons. The van der Waals surface area contributed by atoms with E-state index < -0.39 is 6.04 Å². The van der Waals surface area contributed by atoms with E-state index in [4.69, 9.17) is 0 Å². The van der Waals surface area contributed by atoms with Crippen LogP contribution in [0.2, 0.25) is 0 Å². The largest absolute Gasteiger partial charge is 0.362 e. The van der Waals surface area contributed by atoms with Gasteiger partial charge in [0.25, 0.3) is 5.91 Å². The van der Waals surface area contributed by atoms with E-state index in [1.54, 1.807) is 23.2 Å². The van der Waals surface area contributed by atoms with Gasteiger partial charge >= 0.3 is 0 Å². The highest BCUT2D eigenvalue weighted by Gasteiger charge is 2.36. The van der Waals surface area contributed by atoms with E-state index in [2.05, 4.69) is 4.98 Å². The Morgan fingerprint density at radius 1 is 1.15 bits per heavy atom. The average Bonchev–Trinajstić information content (AvgIpc) is 3.12. The van der Waals surface area contributed by atoms with Crippen molar-refractivity contribution in [1.29, 1.82) is 0 Å². The third-order valence-electron chi connectivity index (χ3n) is 5.05. The first-order valence-corrected chi connectivity index (χ1v) is 8.95. The smallest absolute Gasteiger partial charge is 0.258 e. The Hall–Kier alpha value is -2.69. The van der Waals surface area contributed by atoms with Crippen molar-refractivity contribution in [2.45, 2.75) is 32.7 Å². The molecule has 2 heterocycles. The monoisotopic (exact) mass is 351 g/mol. The van der Waals surface area contributed by atoms with Gasteiger partial charge in [-0.15, -0.1) is 0 Å². The van der Waals surface area contributed by atoms with Crippen molar-refractivity contribution >= 4 is 17.5 Å². The van der Waals surface area contributed by atoms with Gasteiger partial charge in [0.2, 0.25) is 0 Å². The highest BCUT2D eigenvalue weighted by Crippen LogP contribution is 2.26. The molecule has 2 aromatic rings. The molecule has 1 unspecified atom stereocenters. The summed E-state index contributed by atoms with van der Waals surface area (Å²) < 4.78 is 0. The number of pyridine rings is 1. The SMILES string of the molecule is Cc1ccc(C(=O)C2CCCN2C(=O)c2cccnc2N(C)C)cc1C. The van der Waals surface area contributed by atoms with E-state index in [1.165, 1.54) is 0 Å². The van der Waals surface area contributed by atoms with E-state index in [0.717, 1.165) is 17.5 Å². The van der Waals surface area contributed by atoms with Crippen LogP contribution < -0.4 is 4.90 Å². The average molecular weight is 351 g/mol. The summed E-state index contributed by atoms with van der Waals surface area (Å²) in [6, 6.07) is 8.89. The molecule has 26 heavy (non-hydrogen) atoms. The van der Waals surface area contributed by atoms with Gasteiger partial charge in [0.05, 0.1) is 11.6 Å². The maximum atomic E-state index is 13.1. The van der Waals surface area contributed by atoms with Crippen LogP contribution in [0, 0.1) is 13.8 Å². The van der Waals surface area contributed by atoms with Crippen LogP contribution >= 0.6 is 0 Å². The molecule has 5 heteroatoms. The first-order valence-electron chi connectivity index (χ1n) is 8.95. The Kier molecular flexibility index (Phi) is 5.07. The lowest BCUT2D eigenvalue weighted by atomic mass is 9.98. The van der Waals surface area contributed by atoms with Crippen molar-refractivity contribution in [1.82, 2.24) is 9.88 Å². The third-order valence-corrected chi connectivity index (χ3v) is 5.05. The van der Waals surface area contributed by atoms with Crippen molar-refractivity contribution in [2.75, 3.05) is 25.5 Å². The Morgan fingerprint density at radius 3 is 2.62 bits per heavy atom. The molecule has 136 valence electrons. The summed E-state index contributed by atoms with van der Waals surface area (Å²) in [5.74, 6) is 0.525. The second-order valence-electron chi connectivity index (χ2n) is 7.09. The Labute approximate surface area is 154 Å². The lowest BCUT2D eigenvalue weighted by Gasteiger charge is -2.25. The Morgan fingerprint density at radius 2 is 1.92 bits per heavy atom. The minimum absolute atomic E-state index is 0.0224. The van der Waals surface area contributed by atoms with Crippen LogP contribution in [-0.2, 0) is 0 Å². The highest BCUT2D eigenvalue weighted by molar-refractivity contribution is 6.06. The molecular formula is C21H25N3O2. The van der Waals surface area contributed by atoms with E-state index >= 15 is 0 Å². The van der Waals surface area contributed by atoms with Gasteiger partial charge in [0.15, 0.2) is 5.78 Å². The maximum Gasteiger partial charge on any atom is 0.258 e. The number of nitrogens with zero attached hydrogens (tertiary/aromatic N) is 3. The molecule has 0 N–H and O–H groups in total. The predicted molar refractivity (Wildman–Crippen MR) is 103 cm³/mol. The van der Waals surface area contributed by atoms with Gasteiger partial charge in [-0.1, -0.05) is 12.1 Å². The zero-order valence-corrected chi connectivity index (χ0v) is 15.8. The normalized spacial score (nSPS) is 16.6. The van der Waals surface area contributed by atoms with Crippen molar-refractivity contribution in [3.63, 3.8) is 0 Å². The van der Waals surface area contributed by atoms with E-state index in [-0.39, 0.29) is 11.7 Å².